The molecule has 0 amide bonds. The third-order valence-electron chi connectivity index (χ3n) is 1.11. The van der Waals surface area contributed by atoms with Gasteiger partial charge in [-0.15, -0.1) is 16.9 Å². The van der Waals surface area contributed by atoms with Crippen molar-refractivity contribution in [3.63, 3.8) is 0 Å². The minimum atomic E-state index is -1.02. The van der Waals surface area contributed by atoms with Crippen LogP contribution in [0.25, 0.3) is 0 Å². The normalized spacial score (nSPS) is 8.92. The van der Waals surface area contributed by atoms with Gasteiger partial charge in [0.1, 0.15) is 0 Å². The van der Waals surface area contributed by atoms with Crippen molar-refractivity contribution in [2.24, 2.45) is 0 Å². The van der Waals surface area contributed by atoms with E-state index in [0.29, 0.717) is 0 Å². The maximum absolute atomic E-state index is 12.3. The number of hydrazine groups is 1. The summed E-state index contributed by atoms with van der Waals surface area (Å²) in [5.41, 5.74) is 3.16. The van der Waals surface area contributed by atoms with E-state index in [0.717, 1.165) is 17.8 Å². The van der Waals surface area contributed by atoms with Crippen LogP contribution in [-0.2, 0) is 0 Å². The fraction of sp³-hybridized carbons (Fsp3) is 0. The summed E-state index contributed by atoms with van der Waals surface area (Å²) >= 11 is 0. The van der Waals surface area contributed by atoms with Crippen molar-refractivity contribution in [2.75, 3.05) is 5.43 Å². The largest absolute Gasteiger partial charge is 0.295 e. The van der Waals surface area contributed by atoms with Crippen LogP contribution in [0.3, 0.4) is 0 Å². The third-order valence-corrected chi connectivity index (χ3v) is 1.11. The van der Waals surface area contributed by atoms with Gasteiger partial charge in [0.2, 0.25) is 0 Å². The molecule has 2 N–H and O–H groups in total. The van der Waals surface area contributed by atoms with Crippen LogP contribution in [0.15, 0.2) is 18.2 Å². The topological polar surface area (TPSA) is 24.1 Å². The molecule has 0 heterocycles. The lowest BCUT2D eigenvalue weighted by atomic mass is 10.3. The lowest BCUT2D eigenvalue weighted by Gasteiger charge is -2.00. The first-order chi connectivity index (χ1) is 5.24. The molecule has 0 unspecified atom stereocenters. The number of anilines is 1. The Morgan fingerprint density at radius 1 is 1.08 bits per heavy atom. The van der Waals surface area contributed by atoms with Crippen molar-refractivity contribution >= 4 is 18.1 Å². The fourth-order valence-electron chi connectivity index (χ4n) is 0.628. The molecule has 0 radical (unpaired) electrons. The van der Waals surface area contributed by atoms with Crippen molar-refractivity contribution in [2.45, 2.75) is 0 Å². The molecule has 2 nitrogen and oxygen atoms in total. The molecule has 12 heavy (non-hydrogen) atoms. The lowest BCUT2D eigenvalue weighted by Crippen LogP contribution is -2.10. The highest BCUT2D eigenvalue weighted by Gasteiger charge is 2.00. The van der Waals surface area contributed by atoms with E-state index < -0.39 is 11.6 Å². The number of nitrogens with one attached hydrogen (secondary N) is 2. The van der Waals surface area contributed by atoms with Crippen LogP contribution >= 0.6 is 12.4 Å². The van der Waals surface area contributed by atoms with Crippen LogP contribution < -0.4 is 11.1 Å². The number of halogens is 4. The molecule has 1 aromatic rings. The van der Waals surface area contributed by atoms with E-state index in [-0.39, 0.29) is 18.1 Å². The van der Waals surface area contributed by atoms with Crippen LogP contribution in [0, 0.1) is 11.6 Å². The maximum Gasteiger partial charge on any atom is 0.160 e. The van der Waals surface area contributed by atoms with E-state index in [2.05, 4.69) is 0 Å². The summed E-state index contributed by atoms with van der Waals surface area (Å²) in [4.78, 5) is 0. The molecule has 0 aliphatic heterocycles. The summed E-state index contributed by atoms with van der Waals surface area (Å²) in [5, 5.41) is 0. The Morgan fingerprint density at radius 3 is 2.25 bits per heavy atom. The summed E-state index contributed by atoms with van der Waals surface area (Å²) in [6.07, 6.45) is 0. The second kappa shape index (κ2) is 4.84. The molecule has 0 saturated carbocycles. The third kappa shape index (κ3) is 2.60. The summed E-state index contributed by atoms with van der Waals surface area (Å²) in [7, 11) is 0. The average molecular weight is 199 g/mol. The molecule has 0 bridgehead atoms. The van der Waals surface area contributed by atoms with Gasteiger partial charge in [-0.05, 0) is 12.1 Å². The van der Waals surface area contributed by atoms with E-state index in [4.69, 9.17) is 0 Å². The minimum Gasteiger partial charge on any atom is -0.295 e. The highest BCUT2D eigenvalue weighted by molar-refractivity contribution is 5.85. The summed E-state index contributed by atoms with van der Waals surface area (Å²) in [6, 6.07) is 2.93. The number of benzene rings is 1. The smallest absolute Gasteiger partial charge is 0.160 e. The highest BCUT2D eigenvalue weighted by atomic mass is 35.5. The van der Waals surface area contributed by atoms with Crippen LogP contribution in [0.1, 0.15) is 0 Å². The molecule has 6 heteroatoms. The Labute approximate surface area is 73.1 Å². The molecule has 0 fully saturated rings. The first kappa shape index (κ1) is 11.1. The summed E-state index contributed by atoms with van der Waals surface area (Å²) < 4.78 is 35.9. The van der Waals surface area contributed by atoms with Gasteiger partial charge in [-0.1, -0.05) is 5.65 Å². The lowest BCUT2D eigenvalue weighted by molar-refractivity contribution is 0.375. The SMILES string of the molecule is Cl.FNNc1ccc(F)c(F)c1. The predicted molar refractivity (Wildman–Crippen MR) is 41.5 cm³/mol. The molecule has 68 valence electrons. The highest BCUT2D eigenvalue weighted by Crippen LogP contribution is 2.11. The minimum absolute atomic E-state index is 0. The van der Waals surface area contributed by atoms with Gasteiger partial charge in [0.15, 0.2) is 11.6 Å². The molecule has 0 aliphatic carbocycles. The molecule has 0 aliphatic rings. The van der Waals surface area contributed by atoms with Crippen molar-refractivity contribution in [3.8, 4) is 0 Å². The van der Waals surface area contributed by atoms with E-state index >= 15 is 0 Å². The van der Waals surface area contributed by atoms with Gasteiger partial charge in [0.05, 0.1) is 5.69 Å². The quantitative estimate of drug-likeness (QED) is 0.562. The molecule has 0 saturated heterocycles. The Balaban J connectivity index is 0.00000121. The molecule has 0 atom stereocenters. The fourth-order valence-corrected chi connectivity index (χ4v) is 0.628. The Bertz CT molecular complexity index is 257. The maximum atomic E-state index is 12.3. The summed E-state index contributed by atoms with van der Waals surface area (Å²) in [6.45, 7) is 0. The number of hydrogen-bond acceptors (Lipinski definition) is 2. The molecular weight excluding hydrogens is 193 g/mol. The Morgan fingerprint density at radius 2 is 1.75 bits per heavy atom. The zero-order chi connectivity index (χ0) is 8.27. The van der Waals surface area contributed by atoms with Crippen LogP contribution in [0.2, 0.25) is 0 Å². The van der Waals surface area contributed by atoms with Gasteiger partial charge in [-0.2, -0.15) is 0 Å². The van der Waals surface area contributed by atoms with Gasteiger partial charge in [-0.3, -0.25) is 5.43 Å². The predicted octanol–water partition coefficient (Wildman–Crippen LogP) is 2.19. The zero-order valence-corrected chi connectivity index (χ0v) is 6.59. The van der Waals surface area contributed by atoms with Crippen molar-refractivity contribution < 1.29 is 13.3 Å². The van der Waals surface area contributed by atoms with Gasteiger partial charge in [0, 0.05) is 6.07 Å². The van der Waals surface area contributed by atoms with Gasteiger partial charge < -0.3 is 0 Å². The van der Waals surface area contributed by atoms with Crippen LogP contribution in [0.5, 0.6) is 0 Å². The van der Waals surface area contributed by atoms with E-state index in [1.54, 1.807) is 0 Å². The van der Waals surface area contributed by atoms with E-state index in [9.17, 15) is 13.3 Å². The molecule has 0 aromatic heterocycles. The van der Waals surface area contributed by atoms with Crippen molar-refractivity contribution in [1.29, 1.82) is 0 Å². The molecule has 0 spiro atoms. The molecule has 1 aromatic carbocycles. The van der Waals surface area contributed by atoms with E-state index in [1.807, 2.05) is 5.43 Å². The zero-order valence-electron chi connectivity index (χ0n) is 5.77. The first-order valence-electron chi connectivity index (χ1n) is 2.80. The number of hydrogen-bond donors (Lipinski definition) is 2. The van der Waals surface area contributed by atoms with Crippen molar-refractivity contribution in [3.05, 3.63) is 29.8 Å². The van der Waals surface area contributed by atoms with E-state index in [1.165, 1.54) is 6.07 Å². The van der Waals surface area contributed by atoms with Gasteiger partial charge in [0.25, 0.3) is 0 Å². The standard InChI is InChI=1S/C6H5F3N2.ClH/c7-5-2-1-4(10-11-9)3-6(5)8;/h1-3,10-11H;1H. The average Bonchev–Trinajstić information content (AvgIpc) is 1.98. The monoisotopic (exact) mass is 198 g/mol. The second-order valence-corrected chi connectivity index (χ2v) is 1.85. The first-order valence-corrected chi connectivity index (χ1v) is 2.80. The molecule has 1 rings (SSSR count). The Kier molecular flexibility index (Phi) is 4.46. The Hall–Kier alpha value is -0.940. The van der Waals surface area contributed by atoms with Gasteiger partial charge >= 0.3 is 0 Å². The summed E-state index contributed by atoms with van der Waals surface area (Å²) in [5.74, 6) is -1.99. The van der Waals surface area contributed by atoms with Crippen molar-refractivity contribution in [1.82, 2.24) is 5.65 Å². The van der Waals surface area contributed by atoms with Gasteiger partial charge in [-0.25, -0.2) is 8.78 Å². The molecular formula is C6H6ClF3N2. The van der Waals surface area contributed by atoms with Crippen LogP contribution in [0.4, 0.5) is 18.9 Å². The second-order valence-electron chi connectivity index (χ2n) is 1.85. The van der Waals surface area contributed by atoms with Crippen LogP contribution in [-0.4, -0.2) is 0 Å². The number of rotatable bonds is 2.